The first-order valence-electron chi connectivity index (χ1n) is 8.45. The van der Waals surface area contributed by atoms with Gasteiger partial charge in [-0.2, -0.15) is 5.10 Å². The fraction of sp³-hybridized carbons (Fsp3) is 0.158. The zero-order valence-corrected chi connectivity index (χ0v) is 14.5. The molecule has 2 heterocycles. The third kappa shape index (κ3) is 3.25. The van der Waals surface area contributed by atoms with E-state index in [1.54, 1.807) is 30.3 Å². The van der Waals surface area contributed by atoms with Crippen LogP contribution in [0, 0.1) is 0 Å². The smallest absolute Gasteiger partial charge is 0.357 e. The molecule has 1 aromatic heterocycles. The molecule has 0 fully saturated rings. The molecule has 0 bridgehead atoms. The highest BCUT2D eigenvalue weighted by molar-refractivity contribution is 6.01. The van der Waals surface area contributed by atoms with Crippen LogP contribution in [-0.2, 0) is 11.3 Å². The van der Waals surface area contributed by atoms with Gasteiger partial charge in [0.1, 0.15) is 19.8 Å². The number of aromatic carboxylic acids is 1. The van der Waals surface area contributed by atoms with E-state index in [1.807, 2.05) is 0 Å². The molecule has 4 rings (SSSR count). The van der Waals surface area contributed by atoms with E-state index >= 15 is 0 Å². The largest absolute Gasteiger partial charge is 0.486 e. The highest BCUT2D eigenvalue weighted by Crippen LogP contribution is 2.32. The molecular weight excluding hydrogens is 366 g/mol. The lowest BCUT2D eigenvalue weighted by Gasteiger charge is -2.19. The number of rotatable bonds is 4. The summed E-state index contributed by atoms with van der Waals surface area (Å²) in [4.78, 5) is 36.5. The average molecular weight is 381 g/mol. The van der Waals surface area contributed by atoms with Crippen LogP contribution in [0.3, 0.4) is 0 Å². The van der Waals surface area contributed by atoms with Crippen molar-refractivity contribution in [3.8, 4) is 11.5 Å². The van der Waals surface area contributed by atoms with Crippen LogP contribution in [0.5, 0.6) is 11.5 Å². The maximum Gasteiger partial charge on any atom is 0.357 e. The van der Waals surface area contributed by atoms with Crippen molar-refractivity contribution in [2.75, 3.05) is 18.5 Å². The van der Waals surface area contributed by atoms with Crippen molar-refractivity contribution in [3.05, 3.63) is 58.5 Å². The van der Waals surface area contributed by atoms with Crippen LogP contribution in [0.2, 0.25) is 0 Å². The molecule has 1 aliphatic heterocycles. The van der Waals surface area contributed by atoms with Gasteiger partial charge in [-0.25, -0.2) is 9.48 Å². The van der Waals surface area contributed by atoms with E-state index in [2.05, 4.69) is 10.4 Å². The number of nitrogens with zero attached hydrogens (tertiary/aromatic N) is 2. The van der Waals surface area contributed by atoms with E-state index in [0.717, 1.165) is 4.68 Å². The molecule has 2 N–H and O–H groups in total. The maximum atomic E-state index is 12.6. The number of carbonyl (C=O) groups is 2. The van der Waals surface area contributed by atoms with Crippen molar-refractivity contribution < 1.29 is 24.2 Å². The second-order valence-corrected chi connectivity index (χ2v) is 6.07. The number of carboxylic acids is 1. The Bertz CT molecular complexity index is 1150. The summed E-state index contributed by atoms with van der Waals surface area (Å²) in [6, 6.07) is 11.2. The van der Waals surface area contributed by atoms with Crippen molar-refractivity contribution in [1.82, 2.24) is 9.78 Å². The molecule has 0 aliphatic carbocycles. The van der Waals surface area contributed by atoms with E-state index < -0.39 is 24.0 Å². The molecule has 1 aliphatic rings. The minimum atomic E-state index is -1.28. The van der Waals surface area contributed by atoms with Gasteiger partial charge in [-0.15, -0.1) is 0 Å². The van der Waals surface area contributed by atoms with Crippen molar-refractivity contribution in [3.63, 3.8) is 0 Å². The van der Waals surface area contributed by atoms with E-state index in [0.29, 0.717) is 30.4 Å². The number of amides is 1. The Morgan fingerprint density at radius 2 is 1.79 bits per heavy atom. The highest BCUT2D eigenvalue weighted by Gasteiger charge is 2.18. The standard InChI is InChI=1S/C19H15N3O6/c23-16(20-11-5-6-14-15(9-11)28-8-7-27-14)10-22-18(24)13-4-2-1-3-12(13)17(21-22)19(25)26/h1-6,9H,7-8,10H2,(H,20,23)(H,25,26). The summed E-state index contributed by atoms with van der Waals surface area (Å²) in [6.07, 6.45) is 0. The Hall–Kier alpha value is -3.88. The van der Waals surface area contributed by atoms with Crippen LogP contribution in [0.15, 0.2) is 47.3 Å². The summed E-state index contributed by atoms with van der Waals surface area (Å²) in [6.45, 7) is 0.443. The monoisotopic (exact) mass is 381 g/mol. The second-order valence-electron chi connectivity index (χ2n) is 6.07. The second kappa shape index (κ2) is 7.03. The highest BCUT2D eigenvalue weighted by atomic mass is 16.6. The third-order valence-electron chi connectivity index (χ3n) is 4.19. The summed E-state index contributed by atoms with van der Waals surface area (Å²) in [5, 5.41) is 16.3. The van der Waals surface area contributed by atoms with Crippen molar-refractivity contribution in [2.24, 2.45) is 0 Å². The molecule has 0 atom stereocenters. The lowest BCUT2D eigenvalue weighted by Crippen LogP contribution is -2.31. The Balaban J connectivity index is 1.61. The van der Waals surface area contributed by atoms with Gasteiger partial charge in [-0.05, 0) is 18.2 Å². The van der Waals surface area contributed by atoms with Crippen LogP contribution in [0.25, 0.3) is 10.8 Å². The fourth-order valence-corrected chi connectivity index (χ4v) is 2.96. The molecule has 0 saturated carbocycles. The van der Waals surface area contributed by atoms with Crippen molar-refractivity contribution >= 4 is 28.3 Å². The Kier molecular flexibility index (Phi) is 4.40. The molecule has 0 spiro atoms. The van der Waals surface area contributed by atoms with Gasteiger partial charge in [0.2, 0.25) is 5.91 Å². The quantitative estimate of drug-likeness (QED) is 0.703. The number of carboxylic acid groups (broad SMARTS) is 1. The SMILES string of the molecule is O=C(Cn1nc(C(=O)O)c2ccccc2c1=O)Nc1ccc2c(c1)OCCO2. The maximum absolute atomic E-state index is 12.6. The lowest BCUT2D eigenvalue weighted by atomic mass is 10.1. The summed E-state index contributed by atoms with van der Waals surface area (Å²) < 4.78 is 11.7. The molecule has 9 nitrogen and oxygen atoms in total. The number of benzene rings is 2. The normalized spacial score (nSPS) is 12.6. The van der Waals surface area contributed by atoms with E-state index in [4.69, 9.17) is 9.47 Å². The number of aromatic nitrogens is 2. The van der Waals surface area contributed by atoms with Gasteiger partial charge in [0.15, 0.2) is 17.2 Å². The van der Waals surface area contributed by atoms with Gasteiger partial charge in [0.05, 0.1) is 5.39 Å². The molecule has 9 heteroatoms. The fourth-order valence-electron chi connectivity index (χ4n) is 2.96. The Morgan fingerprint density at radius 1 is 1.07 bits per heavy atom. The zero-order chi connectivity index (χ0) is 19.7. The molecule has 28 heavy (non-hydrogen) atoms. The van der Waals surface area contributed by atoms with Crippen LogP contribution in [0.1, 0.15) is 10.5 Å². The number of hydrogen-bond acceptors (Lipinski definition) is 6. The van der Waals surface area contributed by atoms with Gasteiger partial charge >= 0.3 is 5.97 Å². The summed E-state index contributed by atoms with van der Waals surface area (Å²) >= 11 is 0. The minimum absolute atomic E-state index is 0.182. The third-order valence-corrected chi connectivity index (χ3v) is 4.19. The number of nitrogens with one attached hydrogen (secondary N) is 1. The van der Waals surface area contributed by atoms with Crippen LogP contribution >= 0.6 is 0 Å². The molecule has 0 unspecified atom stereocenters. The van der Waals surface area contributed by atoms with Gasteiger partial charge < -0.3 is 19.9 Å². The van der Waals surface area contributed by atoms with E-state index in [1.165, 1.54) is 12.1 Å². The van der Waals surface area contributed by atoms with Crippen LogP contribution in [-0.4, -0.2) is 40.0 Å². The first-order chi connectivity index (χ1) is 13.5. The first-order valence-corrected chi connectivity index (χ1v) is 8.45. The summed E-state index contributed by atoms with van der Waals surface area (Å²) in [5.74, 6) is -0.712. The number of anilines is 1. The number of hydrogen-bond donors (Lipinski definition) is 2. The summed E-state index contributed by atoms with van der Waals surface area (Å²) in [5.41, 5.74) is -0.373. The zero-order valence-electron chi connectivity index (χ0n) is 14.5. The van der Waals surface area contributed by atoms with Crippen molar-refractivity contribution in [2.45, 2.75) is 6.54 Å². The molecule has 0 saturated heterocycles. The molecule has 3 aromatic rings. The van der Waals surface area contributed by atoms with Crippen LogP contribution in [0.4, 0.5) is 5.69 Å². The van der Waals surface area contributed by atoms with Gasteiger partial charge in [-0.3, -0.25) is 9.59 Å². The average Bonchev–Trinajstić information content (AvgIpc) is 2.70. The topological polar surface area (TPSA) is 120 Å². The Labute approximate surface area is 158 Å². The van der Waals surface area contributed by atoms with Gasteiger partial charge in [-0.1, -0.05) is 18.2 Å². The molecule has 1 amide bonds. The van der Waals surface area contributed by atoms with Gasteiger partial charge in [0.25, 0.3) is 5.56 Å². The van der Waals surface area contributed by atoms with Gasteiger partial charge in [0, 0.05) is 17.1 Å². The van der Waals surface area contributed by atoms with E-state index in [9.17, 15) is 19.5 Å². The number of ether oxygens (including phenoxy) is 2. The predicted octanol–water partition coefficient (Wildman–Crippen LogP) is 1.50. The Morgan fingerprint density at radius 3 is 2.54 bits per heavy atom. The minimum Gasteiger partial charge on any atom is -0.486 e. The number of carbonyl (C=O) groups excluding carboxylic acids is 1. The number of fused-ring (bicyclic) bond motifs is 2. The molecule has 0 radical (unpaired) electrons. The molecule has 2 aromatic carbocycles. The van der Waals surface area contributed by atoms with Crippen LogP contribution < -0.4 is 20.3 Å². The van der Waals surface area contributed by atoms with E-state index in [-0.39, 0.29) is 16.5 Å². The first kappa shape index (κ1) is 17.5. The predicted molar refractivity (Wildman–Crippen MR) is 99.0 cm³/mol. The molecular formula is C19H15N3O6. The lowest BCUT2D eigenvalue weighted by molar-refractivity contribution is -0.117. The molecule has 142 valence electrons. The summed E-state index contributed by atoms with van der Waals surface area (Å²) in [7, 11) is 0. The van der Waals surface area contributed by atoms with Crippen molar-refractivity contribution in [1.29, 1.82) is 0 Å².